The number of esters is 1. The fourth-order valence-corrected chi connectivity index (χ4v) is 1.55. The zero-order chi connectivity index (χ0) is 16.5. The molecule has 22 heavy (non-hydrogen) atoms. The van der Waals surface area contributed by atoms with Gasteiger partial charge in [0.15, 0.2) is 6.10 Å². The number of urea groups is 1. The Balaban J connectivity index is 2.56. The average Bonchev–Trinajstić information content (AvgIpc) is 2.48. The van der Waals surface area contributed by atoms with Crippen LogP contribution >= 0.6 is 0 Å². The van der Waals surface area contributed by atoms with Crippen molar-refractivity contribution in [1.29, 1.82) is 0 Å². The highest BCUT2D eigenvalue weighted by molar-refractivity contribution is 5.98. The van der Waals surface area contributed by atoms with Crippen molar-refractivity contribution in [3.8, 4) is 5.75 Å². The second-order valence-corrected chi connectivity index (χ2v) is 4.35. The molecule has 3 amide bonds. The van der Waals surface area contributed by atoms with E-state index < -0.39 is 24.0 Å². The summed E-state index contributed by atoms with van der Waals surface area (Å²) in [5.74, 6) is -0.701. The van der Waals surface area contributed by atoms with Crippen LogP contribution in [0.3, 0.4) is 0 Å². The molecule has 0 fully saturated rings. The van der Waals surface area contributed by atoms with Crippen LogP contribution in [0.25, 0.3) is 0 Å². The highest BCUT2D eigenvalue weighted by atomic mass is 16.5. The second kappa shape index (κ2) is 8.66. The molecule has 120 valence electrons. The quantitative estimate of drug-likeness (QED) is 0.776. The number of nitrogens with one attached hydrogen (secondary N) is 2. The van der Waals surface area contributed by atoms with Gasteiger partial charge in [-0.05, 0) is 45.0 Å². The molecule has 0 aliphatic rings. The number of ether oxygens (including phenoxy) is 2. The van der Waals surface area contributed by atoms with Crippen molar-refractivity contribution in [2.75, 3.05) is 13.2 Å². The van der Waals surface area contributed by atoms with Gasteiger partial charge in [-0.3, -0.25) is 10.1 Å². The van der Waals surface area contributed by atoms with E-state index in [0.717, 1.165) is 0 Å². The highest BCUT2D eigenvalue weighted by Crippen LogP contribution is 2.13. The Morgan fingerprint density at radius 3 is 2.32 bits per heavy atom. The summed E-state index contributed by atoms with van der Waals surface area (Å²) in [6.45, 7) is 5.89. The van der Waals surface area contributed by atoms with Crippen molar-refractivity contribution >= 4 is 17.9 Å². The molecule has 0 aliphatic heterocycles. The Hall–Kier alpha value is -2.57. The lowest BCUT2D eigenvalue weighted by Crippen LogP contribution is -2.44. The molecule has 0 spiro atoms. The normalized spacial score (nSPS) is 11.2. The Morgan fingerprint density at radius 2 is 1.77 bits per heavy atom. The first-order chi connectivity index (χ1) is 10.5. The van der Waals surface area contributed by atoms with Gasteiger partial charge in [-0.25, -0.2) is 9.59 Å². The highest BCUT2D eigenvalue weighted by Gasteiger charge is 2.20. The van der Waals surface area contributed by atoms with Crippen molar-refractivity contribution in [2.45, 2.75) is 26.9 Å². The molecule has 1 atom stereocenters. The number of hydrogen-bond donors (Lipinski definition) is 2. The van der Waals surface area contributed by atoms with E-state index >= 15 is 0 Å². The van der Waals surface area contributed by atoms with Crippen LogP contribution in [0.5, 0.6) is 5.75 Å². The van der Waals surface area contributed by atoms with Crippen molar-refractivity contribution in [2.24, 2.45) is 0 Å². The zero-order valence-electron chi connectivity index (χ0n) is 12.8. The number of amides is 3. The molecule has 0 radical (unpaired) electrons. The van der Waals surface area contributed by atoms with E-state index in [9.17, 15) is 14.4 Å². The van der Waals surface area contributed by atoms with Gasteiger partial charge < -0.3 is 14.8 Å². The van der Waals surface area contributed by atoms with E-state index in [-0.39, 0.29) is 0 Å². The van der Waals surface area contributed by atoms with Crippen LogP contribution in [0, 0.1) is 0 Å². The molecule has 0 heterocycles. The number of carbonyl (C=O) groups excluding carboxylic acids is 3. The van der Waals surface area contributed by atoms with Crippen molar-refractivity contribution in [3.63, 3.8) is 0 Å². The summed E-state index contributed by atoms with van der Waals surface area (Å²) in [7, 11) is 0. The van der Waals surface area contributed by atoms with Crippen LogP contribution in [-0.2, 0) is 9.53 Å². The van der Waals surface area contributed by atoms with Crippen LogP contribution in [-0.4, -0.2) is 37.2 Å². The Bertz CT molecular complexity index is 527. The minimum absolute atomic E-state index is 0.293. The van der Waals surface area contributed by atoms with Crippen LogP contribution < -0.4 is 15.4 Å². The Morgan fingerprint density at radius 1 is 1.14 bits per heavy atom. The predicted molar refractivity (Wildman–Crippen MR) is 79.7 cm³/mol. The summed E-state index contributed by atoms with van der Waals surface area (Å²) in [5, 5.41) is 4.49. The molecule has 0 saturated heterocycles. The number of benzene rings is 1. The number of carbonyl (C=O) groups is 3. The molecule has 7 nitrogen and oxygen atoms in total. The van der Waals surface area contributed by atoms with Crippen LogP contribution in [0.4, 0.5) is 4.79 Å². The zero-order valence-corrected chi connectivity index (χ0v) is 12.8. The molecule has 0 unspecified atom stereocenters. The van der Waals surface area contributed by atoms with Crippen molar-refractivity contribution < 1.29 is 23.9 Å². The molecular formula is C15H20N2O5. The lowest BCUT2D eigenvalue weighted by atomic mass is 10.2. The first-order valence-corrected chi connectivity index (χ1v) is 7.00. The molecule has 0 aliphatic carbocycles. The van der Waals surface area contributed by atoms with E-state index in [1.54, 1.807) is 31.2 Å². The van der Waals surface area contributed by atoms with E-state index in [1.165, 1.54) is 6.92 Å². The molecule has 1 aromatic rings. The van der Waals surface area contributed by atoms with Crippen LogP contribution in [0.15, 0.2) is 24.3 Å². The maximum atomic E-state index is 11.9. The number of hydrogen-bond acceptors (Lipinski definition) is 5. The lowest BCUT2D eigenvalue weighted by molar-refractivity contribution is -0.127. The first-order valence-electron chi connectivity index (χ1n) is 7.00. The maximum absolute atomic E-state index is 11.9. The summed E-state index contributed by atoms with van der Waals surface area (Å²) >= 11 is 0. The predicted octanol–water partition coefficient (Wildman–Crippen LogP) is 1.48. The number of imide groups is 1. The third kappa shape index (κ3) is 5.43. The van der Waals surface area contributed by atoms with Gasteiger partial charge in [0.1, 0.15) is 5.75 Å². The molecular weight excluding hydrogens is 288 g/mol. The fourth-order valence-electron chi connectivity index (χ4n) is 1.55. The third-order valence-electron chi connectivity index (χ3n) is 2.63. The molecule has 0 aromatic heterocycles. The Kier molecular flexibility index (Phi) is 6.88. The van der Waals surface area contributed by atoms with E-state index in [1.807, 2.05) is 6.92 Å². The van der Waals surface area contributed by atoms with Gasteiger partial charge >= 0.3 is 12.0 Å². The summed E-state index contributed by atoms with van der Waals surface area (Å²) in [6.07, 6.45) is -1.08. The maximum Gasteiger partial charge on any atom is 0.338 e. The standard InChI is InChI=1S/C15H20N2O5/c1-4-16-15(20)17-13(18)10(3)22-14(19)11-6-8-12(9-7-11)21-5-2/h6-10H,4-5H2,1-3H3,(H2,16,17,18,20)/t10-/m0/s1. The molecule has 1 aromatic carbocycles. The first kappa shape index (κ1) is 17.5. The Labute approximate surface area is 129 Å². The average molecular weight is 308 g/mol. The monoisotopic (exact) mass is 308 g/mol. The van der Waals surface area contributed by atoms with Gasteiger partial charge in [0.05, 0.1) is 12.2 Å². The summed E-state index contributed by atoms with van der Waals surface area (Å²) in [6, 6.07) is 5.74. The topological polar surface area (TPSA) is 93.7 Å². The molecule has 1 rings (SSSR count). The summed E-state index contributed by atoms with van der Waals surface area (Å²) in [4.78, 5) is 34.8. The molecule has 0 bridgehead atoms. The van der Waals surface area contributed by atoms with Crippen LogP contribution in [0.2, 0.25) is 0 Å². The minimum atomic E-state index is -1.08. The summed E-state index contributed by atoms with van der Waals surface area (Å²) in [5.41, 5.74) is 0.293. The lowest BCUT2D eigenvalue weighted by Gasteiger charge is -2.13. The van der Waals surface area contributed by atoms with Crippen LogP contribution in [0.1, 0.15) is 31.1 Å². The van der Waals surface area contributed by atoms with E-state index in [2.05, 4.69) is 10.6 Å². The van der Waals surface area contributed by atoms with Gasteiger partial charge in [-0.2, -0.15) is 0 Å². The molecule has 7 heteroatoms. The third-order valence-corrected chi connectivity index (χ3v) is 2.63. The van der Waals surface area contributed by atoms with E-state index in [0.29, 0.717) is 24.5 Å². The van der Waals surface area contributed by atoms with Crippen molar-refractivity contribution in [1.82, 2.24) is 10.6 Å². The van der Waals surface area contributed by atoms with E-state index in [4.69, 9.17) is 9.47 Å². The summed E-state index contributed by atoms with van der Waals surface area (Å²) < 4.78 is 10.3. The SMILES string of the molecule is CCNC(=O)NC(=O)[C@H](C)OC(=O)c1ccc(OCC)cc1. The van der Waals surface area contributed by atoms with Gasteiger partial charge in [0.2, 0.25) is 0 Å². The second-order valence-electron chi connectivity index (χ2n) is 4.35. The van der Waals surface area contributed by atoms with Crippen molar-refractivity contribution in [3.05, 3.63) is 29.8 Å². The minimum Gasteiger partial charge on any atom is -0.494 e. The number of rotatable bonds is 6. The molecule has 2 N–H and O–H groups in total. The molecule has 0 saturated carbocycles. The van der Waals surface area contributed by atoms with Gasteiger partial charge in [-0.1, -0.05) is 0 Å². The fraction of sp³-hybridized carbons (Fsp3) is 0.400. The smallest absolute Gasteiger partial charge is 0.338 e. The van der Waals surface area contributed by atoms with Gasteiger partial charge in [0, 0.05) is 6.54 Å². The van der Waals surface area contributed by atoms with Gasteiger partial charge in [0.25, 0.3) is 5.91 Å². The van der Waals surface area contributed by atoms with Gasteiger partial charge in [-0.15, -0.1) is 0 Å². The largest absolute Gasteiger partial charge is 0.494 e.